The summed E-state index contributed by atoms with van der Waals surface area (Å²) in [5.74, 6) is 0.470. The second kappa shape index (κ2) is 4.25. The summed E-state index contributed by atoms with van der Waals surface area (Å²) in [6.07, 6.45) is 3.10. The van der Waals surface area contributed by atoms with E-state index in [1.54, 1.807) is 0 Å². The first-order valence-corrected chi connectivity index (χ1v) is 5.16. The highest BCUT2D eigenvalue weighted by Gasteiger charge is 2.25. The number of hydrogen-bond acceptors (Lipinski definition) is 2. The van der Waals surface area contributed by atoms with Gasteiger partial charge in [-0.15, -0.1) is 0 Å². The average molecular weight is 183 g/mol. The van der Waals surface area contributed by atoms with Crippen molar-refractivity contribution in [3.8, 4) is 0 Å². The molecule has 1 heterocycles. The van der Waals surface area contributed by atoms with E-state index in [1.165, 1.54) is 5.57 Å². The molecule has 2 atom stereocenters. The highest BCUT2D eigenvalue weighted by Crippen LogP contribution is 2.23. The molecule has 0 spiro atoms. The van der Waals surface area contributed by atoms with Crippen LogP contribution in [0.1, 0.15) is 27.2 Å². The number of hydrogen-bond donors (Lipinski definition) is 1. The van der Waals surface area contributed by atoms with Crippen molar-refractivity contribution in [2.75, 3.05) is 13.6 Å². The van der Waals surface area contributed by atoms with Crippen molar-refractivity contribution in [3.63, 3.8) is 0 Å². The van der Waals surface area contributed by atoms with Crippen LogP contribution in [0.25, 0.3) is 0 Å². The Morgan fingerprint density at radius 2 is 2.23 bits per heavy atom. The van der Waals surface area contributed by atoms with Gasteiger partial charge in [0.1, 0.15) is 0 Å². The second-order valence-electron chi connectivity index (χ2n) is 4.25. The van der Waals surface area contributed by atoms with E-state index in [2.05, 4.69) is 38.8 Å². The molecule has 0 aromatic rings. The summed E-state index contributed by atoms with van der Waals surface area (Å²) in [5, 5.41) is 9.81. The van der Waals surface area contributed by atoms with E-state index in [0.29, 0.717) is 12.0 Å². The first-order chi connectivity index (χ1) is 6.06. The maximum atomic E-state index is 9.81. The first kappa shape index (κ1) is 10.7. The molecule has 0 radical (unpaired) electrons. The van der Waals surface area contributed by atoms with Gasteiger partial charge in [-0.2, -0.15) is 0 Å². The first-order valence-electron chi connectivity index (χ1n) is 5.16. The van der Waals surface area contributed by atoms with Crippen molar-refractivity contribution >= 4 is 0 Å². The van der Waals surface area contributed by atoms with Gasteiger partial charge >= 0.3 is 0 Å². The van der Waals surface area contributed by atoms with Crippen LogP contribution in [-0.2, 0) is 0 Å². The van der Waals surface area contributed by atoms with Crippen molar-refractivity contribution in [1.29, 1.82) is 0 Å². The van der Waals surface area contributed by atoms with Gasteiger partial charge in [-0.3, -0.25) is 4.90 Å². The third-order valence-electron chi connectivity index (χ3n) is 2.88. The Labute approximate surface area is 81.2 Å². The molecule has 76 valence electrons. The Hall–Kier alpha value is -0.340. The van der Waals surface area contributed by atoms with Gasteiger partial charge in [0.25, 0.3) is 0 Å². The molecule has 0 saturated heterocycles. The van der Waals surface area contributed by atoms with Gasteiger partial charge in [-0.25, -0.2) is 0 Å². The summed E-state index contributed by atoms with van der Waals surface area (Å²) in [7, 11) is 2.07. The molecule has 2 heteroatoms. The highest BCUT2D eigenvalue weighted by atomic mass is 16.3. The lowest BCUT2D eigenvalue weighted by Crippen LogP contribution is -2.42. The molecule has 13 heavy (non-hydrogen) atoms. The third kappa shape index (κ3) is 2.32. The Bertz CT molecular complexity index is 198. The Morgan fingerprint density at radius 1 is 1.62 bits per heavy atom. The van der Waals surface area contributed by atoms with Gasteiger partial charge in [0.2, 0.25) is 0 Å². The van der Waals surface area contributed by atoms with Gasteiger partial charge in [0, 0.05) is 12.6 Å². The quantitative estimate of drug-likeness (QED) is 0.658. The molecule has 1 rings (SSSR count). The lowest BCUT2D eigenvalue weighted by atomic mass is 9.91. The summed E-state index contributed by atoms with van der Waals surface area (Å²) in [4.78, 5) is 2.22. The summed E-state index contributed by atoms with van der Waals surface area (Å²) in [6.45, 7) is 7.26. The van der Waals surface area contributed by atoms with E-state index in [1.807, 2.05) is 0 Å². The maximum absolute atomic E-state index is 9.81. The normalized spacial score (nSPS) is 30.8. The summed E-state index contributed by atoms with van der Waals surface area (Å²) < 4.78 is 0. The predicted molar refractivity (Wildman–Crippen MR) is 55.6 cm³/mol. The van der Waals surface area contributed by atoms with Crippen LogP contribution in [0.5, 0.6) is 0 Å². The van der Waals surface area contributed by atoms with Crippen LogP contribution in [0.2, 0.25) is 0 Å². The number of aliphatic hydroxyl groups is 1. The fourth-order valence-corrected chi connectivity index (χ4v) is 1.98. The molecule has 0 aliphatic carbocycles. The Morgan fingerprint density at radius 3 is 2.69 bits per heavy atom. The van der Waals surface area contributed by atoms with Crippen LogP contribution in [0.3, 0.4) is 0 Å². The fourth-order valence-electron chi connectivity index (χ4n) is 1.98. The Balaban J connectivity index is 2.80. The minimum atomic E-state index is -0.257. The zero-order valence-corrected chi connectivity index (χ0v) is 9.12. The van der Waals surface area contributed by atoms with Crippen LogP contribution in [0.4, 0.5) is 0 Å². The molecule has 0 aromatic heterocycles. The second-order valence-corrected chi connectivity index (χ2v) is 4.25. The van der Waals surface area contributed by atoms with Gasteiger partial charge in [0.15, 0.2) is 0 Å². The predicted octanol–water partition coefficient (Wildman–Crippen LogP) is 1.65. The standard InChI is InChI=1S/C11H21NO/c1-5-9-6-10(8(2)3)11(13)7-12(9)4/h6,8-9,11,13H,5,7H2,1-4H3/t9-,11-/m1/s1. The summed E-state index contributed by atoms with van der Waals surface area (Å²) >= 11 is 0. The highest BCUT2D eigenvalue weighted by molar-refractivity contribution is 5.18. The van der Waals surface area contributed by atoms with Crippen molar-refractivity contribution in [2.45, 2.75) is 39.3 Å². The molecule has 1 aliphatic rings. The Kier molecular flexibility index (Phi) is 3.51. The largest absolute Gasteiger partial charge is 0.387 e. The number of nitrogens with zero attached hydrogens (tertiary/aromatic N) is 1. The lowest BCUT2D eigenvalue weighted by molar-refractivity contribution is 0.115. The molecule has 0 saturated carbocycles. The molecule has 0 aromatic carbocycles. The number of rotatable bonds is 2. The monoisotopic (exact) mass is 183 g/mol. The molecule has 0 amide bonds. The summed E-state index contributed by atoms with van der Waals surface area (Å²) in [5.41, 5.74) is 1.21. The van der Waals surface area contributed by atoms with Gasteiger partial charge in [-0.05, 0) is 25.0 Å². The molecule has 1 aliphatic heterocycles. The summed E-state index contributed by atoms with van der Waals surface area (Å²) in [6, 6.07) is 0.515. The molecule has 2 nitrogen and oxygen atoms in total. The zero-order valence-electron chi connectivity index (χ0n) is 9.12. The fraction of sp³-hybridized carbons (Fsp3) is 0.818. The van der Waals surface area contributed by atoms with Crippen LogP contribution >= 0.6 is 0 Å². The number of β-amino-alcohol motifs (C(OH)–C–C–N with tert-alkyl or cyclic N) is 1. The van der Waals surface area contributed by atoms with E-state index in [0.717, 1.165) is 13.0 Å². The molecule has 0 unspecified atom stereocenters. The van der Waals surface area contributed by atoms with Gasteiger partial charge in [0.05, 0.1) is 6.10 Å². The van der Waals surface area contributed by atoms with Gasteiger partial charge in [-0.1, -0.05) is 26.8 Å². The number of likely N-dealkylation sites (N-methyl/N-ethyl adjacent to an activating group) is 1. The van der Waals surface area contributed by atoms with Crippen molar-refractivity contribution in [3.05, 3.63) is 11.6 Å². The molecular weight excluding hydrogens is 162 g/mol. The SMILES string of the molecule is CC[C@@H]1C=C(C(C)C)[C@H](O)CN1C. The zero-order chi connectivity index (χ0) is 10.0. The minimum absolute atomic E-state index is 0.257. The smallest absolute Gasteiger partial charge is 0.0880 e. The molecule has 0 bridgehead atoms. The molecular formula is C11H21NO. The lowest BCUT2D eigenvalue weighted by Gasteiger charge is -2.35. The number of aliphatic hydroxyl groups excluding tert-OH is 1. The van der Waals surface area contributed by atoms with Crippen LogP contribution < -0.4 is 0 Å². The van der Waals surface area contributed by atoms with Crippen LogP contribution in [-0.4, -0.2) is 35.7 Å². The van der Waals surface area contributed by atoms with E-state index in [9.17, 15) is 5.11 Å². The minimum Gasteiger partial charge on any atom is -0.387 e. The van der Waals surface area contributed by atoms with Crippen molar-refractivity contribution < 1.29 is 5.11 Å². The maximum Gasteiger partial charge on any atom is 0.0880 e. The van der Waals surface area contributed by atoms with Gasteiger partial charge < -0.3 is 5.11 Å². The van der Waals surface area contributed by atoms with Crippen molar-refractivity contribution in [2.24, 2.45) is 5.92 Å². The van der Waals surface area contributed by atoms with E-state index >= 15 is 0 Å². The third-order valence-corrected chi connectivity index (χ3v) is 2.88. The molecule has 0 fully saturated rings. The van der Waals surface area contributed by atoms with Crippen LogP contribution in [0.15, 0.2) is 11.6 Å². The topological polar surface area (TPSA) is 23.5 Å². The van der Waals surface area contributed by atoms with E-state index in [4.69, 9.17) is 0 Å². The molecule has 1 N–H and O–H groups in total. The van der Waals surface area contributed by atoms with E-state index < -0.39 is 0 Å². The van der Waals surface area contributed by atoms with Crippen LogP contribution in [0, 0.1) is 5.92 Å². The van der Waals surface area contributed by atoms with E-state index in [-0.39, 0.29) is 6.10 Å². The van der Waals surface area contributed by atoms with Crippen molar-refractivity contribution in [1.82, 2.24) is 4.90 Å². The average Bonchev–Trinajstić information content (AvgIpc) is 2.03.